The summed E-state index contributed by atoms with van der Waals surface area (Å²) in [6, 6.07) is 7.85. The molecular weight excluding hydrogens is 313 g/mol. The lowest BCUT2D eigenvalue weighted by molar-refractivity contribution is 0.0988. The van der Waals surface area contributed by atoms with Gasteiger partial charge in [-0.15, -0.1) is 0 Å². The molecule has 1 heterocycles. The summed E-state index contributed by atoms with van der Waals surface area (Å²) in [6.45, 7) is 0. The molecule has 2 aromatic rings. The van der Waals surface area contributed by atoms with E-state index in [4.69, 9.17) is 4.74 Å². The van der Waals surface area contributed by atoms with Gasteiger partial charge in [0.25, 0.3) is 0 Å². The predicted octanol–water partition coefficient (Wildman–Crippen LogP) is 3.42. The van der Waals surface area contributed by atoms with E-state index in [1.807, 2.05) is 0 Å². The second-order valence-corrected chi connectivity index (χ2v) is 4.85. The first-order valence-electron chi connectivity index (χ1n) is 5.57. The van der Waals surface area contributed by atoms with Crippen LogP contribution in [0.4, 0.5) is 4.39 Å². The minimum absolute atomic E-state index is 0.107. The standard InChI is InChI=1S/C14H11BrFNO2/c1-19-14-5-2-9(6-11(14)16)7-13(18)12-4-3-10(15)8-17-12/h2-6,8H,7H2,1H3. The molecule has 0 saturated heterocycles. The Bertz CT molecular complexity index is 599. The summed E-state index contributed by atoms with van der Waals surface area (Å²) in [5, 5.41) is 0. The lowest BCUT2D eigenvalue weighted by atomic mass is 10.1. The van der Waals surface area contributed by atoms with E-state index in [1.54, 1.807) is 24.4 Å². The molecule has 0 radical (unpaired) electrons. The summed E-state index contributed by atoms with van der Waals surface area (Å²) in [5.41, 5.74) is 0.951. The number of nitrogens with zero attached hydrogens (tertiary/aromatic N) is 1. The minimum Gasteiger partial charge on any atom is -0.494 e. The first kappa shape index (κ1) is 13.7. The molecule has 5 heteroatoms. The smallest absolute Gasteiger partial charge is 0.185 e. The molecule has 0 aliphatic rings. The highest BCUT2D eigenvalue weighted by Gasteiger charge is 2.10. The largest absolute Gasteiger partial charge is 0.494 e. The van der Waals surface area contributed by atoms with Crippen molar-refractivity contribution in [3.63, 3.8) is 0 Å². The average molecular weight is 324 g/mol. The number of aromatic nitrogens is 1. The quantitative estimate of drug-likeness (QED) is 0.809. The topological polar surface area (TPSA) is 39.2 Å². The first-order valence-corrected chi connectivity index (χ1v) is 6.36. The molecular formula is C14H11BrFNO2. The summed E-state index contributed by atoms with van der Waals surface area (Å²) in [4.78, 5) is 16.0. The van der Waals surface area contributed by atoms with Gasteiger partial charge < -0.3 is 4.74 Å². The minimum atomic E-state index is -0.475. The number of hydrogen-bond acceptors (Lipinski definition) is 3. The molecule has 0 spiro atoms. The number of ether oxygens (including phenoxy) is 1. The van der Waals surface area contributed by atoms with E-state index in [9.17, 15) is 9.18 Å². The van der Waals surface area contributed by atoms with E-state index in [2.05, 4.69) is 20.9 Å². The van der Waals surface area contributed by atoms with Gasteiger partial charge >= 0.3 is 0 Å². The maximum atomic E-state index is 13.5. The van der Waals surface area contributed by atoms with Crippen molar-refractivity contribution in [1.29, 1.82) is 0 Å². The van der Waals surface area contributed by atoms with Crippen molar-refractivity contribution in [3.05, 3.63) is 58.1 Å². The molecule has 0 atom stereocenters. The van der Waals surface area contributed by atoms with E-state index < -0.39 is 5.82 Å². The highest BCUT2D eigenvalue weighted by Crippen LogP contribution is 2.18. The number of carbonyl (C=O) groups is 1. The first-order chi connectivity index (χ1) is 9.10. The van der Waals surface area contributed by atoms with Crippen LogP contribution in [-0.2, 0) is 6.42 Å². The van der Waals surface area contributed by atoms with Crippen LogP contribution < -0.4 is 4.74 Å². The van der Waals surface area contributed by atoms with Crippen molar-refractivity contribution >= 4 is 21.7 Å². The van der Waals surface area contributed by atoms with Gasteiger partial charge in [0.1, 0.15) is 5.69 Å². The van der Waals surface area contributed by atoms with E-state index in [0.717, 1.165) is 4.47 Å². The van der Waals surface area contributed by atoms with Crippen molar-refractivity contribution in [2.45, 2.75) is 6.42 Å². The Morgan fingerprint density at radius 2 is 2.16 bits per heavy atom. The lowest BCUT2D eigenvalue weighted by Crippen LogP contribution is -2.06. The molecule has 0 fully saturated rings. The molecule has 19 heavy (non-hydrogen) atoms. The van der Waals surface area contributed by atoms with Crippen molar-refractivity contribution < 1.29 is 13.9 Å². The van der Waals surface area contributed by atoms with Crippen LogP contribution in [0.3, 0.4) is 0 Å². The number of ketones is 1. The SMILES string of the molecule is COc1ccc(CC(=O)c2ccc(Br)cn2)cc1F. The summed E-state index contributed by atoms with van der Waals surface area (Å²) < 4.78 is 19.1. The zero-order valence-corrected chi connectivity index (χ0v) is 11.8. The van der Waals surface area contributed by atoms with Crippen molar-refractivity contribution in [2.24, 2.45) is 0 Å². The average Bonchev–Trinajstić information content (AvgIpc) is 2.39. The van der Waals surface area contributed by atoms with Crippen molar-refractivity contribution in [1.82, 2.24) is 4.98 Å². The van der Waals surface area contributed by atoms with Gasteiger partial charge in [-0.1, -0.05) is 6.07 Å². The van der Waals surface area contributed by atoms with Gasteiger partial charge in [0, 0.05) is 17.1 Å². The van der Waals surface area contributed by atoms with Gasteiger partial charge in [-0.25, -0.2) is 4.39 Å². The van der Waals surface area contributed by atoms with Crippen molar-refractivity contribution in [2.75, 3.05) is 7.11 Å². The van der Waals surface area contributed by atoms with Crippen LogP contribution in [0.25, 0.3) is 0 Å². The summed E-state index contributed by atoms with van der Waals surface area (Å²) in [6.07, 6.45) is 1.66. The number of pyridine rings is 1. The van der Waals surface area contributed by atoms with E-state index in [0.29, 0.717) is 11.3 Å². The number of methoxy groups -OCH3 is 1. The van der Waals surface area contributed by atoms with Gasteiger partial charge in [-0.2, -0.15) is 0 Å². The van der Waals surface area contributed by atoms with Crippen molar-refractivity contribution in [3.8, 4) is 5.75 Å². The number of hydrogen-bond donors (Lipinski definition) is 0. The Hall–Kier alpha value is -1.75. The molecule has 0 saturated carbocycles. The Labute approximate surface area is 118 Å². The Kier molecular flexibility index (Phi) is 4.27. The number of benzene rings is 1. The molecule has 0 amide bonds. The van der Waals surface area contributed by atoms with Crippen LogP contribution in [0.5, 0.6) is 5.75 Å². The van der Waals surface area contributed by atoms with Gasteiger partial charge in [-0.05, 0) is 45.8 Å². The molecule has 0 bridgehead atoms. The van der Waals surface area contributed by atoms with Gasteiger partial charge in [-0.3, -0.25) is 9.78 Å². The van der Waals surface area contributed by atoms with E-state index in [-0.39, 0.29) is 18.0 Å². The van der Waals surface area contributed by atoms with Gasteiger partial charge in [0.05, 0.1) is 7.11 Å². The number of carbonyl (C=O) groups excluding carboxylic acids is 1. The van der Waals surface area contributed by atoms with Crippen LogP contribution >= 0.6 is 15.9 Å². The van der Waals surface area contributed by atoms with Crippen LogP contribution in [0.2, 0.25) is 0 Å². The lowest BCUT2D eigenvalue weighted by Gasteiger charge is -2.05. The summed E-state index contributed by atoms with van der Waals surface area (Å²) >= 11 is 3.25. The maximum absolute atomic E-state index is 13.5. The Morgan fingerprint density at radius 3 is 2.74 bits per heavy atom. The fourth-order valence-electron chi connectivity index (χ4n) is 1.64. The Morgan fingerprint density at radius 1 is 1.37 bits per heavy atom. The third kappa shape index (κ3) is 3.38. The van der Waals surface area contributed by atoms with Crippen LogP contribution in [0.1, 0.15) is 16.1 Å². The van der Waals surface area contributed by atoms with Crippen LogP contribution in [0, 0.1) is 5.82 Å². The molecule has 3 nitrogen and oxygen atoms in total. The third-order valence-electron chi connectivity index (χ3n) is 2.59. The fourth-order valence-corrected chi connectivity index (χ4v) is 1.87. The highest BCUT2D eigenvalue weighted by atomic mass is 79.9. The molecule has 2 rings (SSSR count). The van der Waals surface area contributed by atoms with Crippen LogP contribution in [-0.4, -0.2) is 17.9 Å². The van der Waals surface area contributed by atoms with Gasteiger partial charge in [0.15, 0.2) is 17.3 Å². The van der Waals surface area contributed by atoms with Gasteiger partial charge in [0.2, 0.25) is 0 Å². The normalized spacial score (nSPS) is 10.3. The second kappa shape index (κ2) is 5.93. The molecule has 0 N–H and O–H groups in total. The monoisotopic (exact) mass is 323 g/mol. The predicted molar refractivity (Wildman–Crippen MR) is 72.9 cm³/mol. The zero-order valence-electron chi connectivity index (χ0n) is 10.2. The molecule has 0 unspecified atom stereocenters. The number of rotatable bonds is 4. The number of halogens is 2. The molecule has 1 aromatic carbocycles. The molecule has 0 aliphatic heterocycles. The third-order valence-corrected chi connectivity index (χ3v) is 3.06. The number of Topliss-reactive ketones (excluding diaryl/α,β-unsaturated/α-hetero) is 1. The summed E-state index contributed by atoms with van der Waals surface area (Å²) in [7, 11) is 1.40. The molecule has 0 aliphatic carbocycles. The Balaban J connectivity index is 2.14. The second-order valence-electron chi connectivity index (χ2n) is 3.93. The molecule has 98 valence electrons. The molecule has 1 aromatic heterocycles. The summed E-state index contributed by atoms with van der Waals surface area (Å²) in [5.74, 6) is -0.466. The fraction of sp³-hybridized carbons (Fsp3) is 0.143. The van der Waals surface area contributed by atoms with E-state index in [1.165, 1.54) is 19.2 Å². The zero-order chi connectivity index (χ0) is 13.8. The highest BCUT2D eigenvalue weighted by molar-refractivity contribution is 9.10. The maximum Gasteiger partial charge on any atom is 0.185 e. The van der Waals surface area contributed by atoms with Crippen LogP contribution in [0.15, 0.2) is 41.0 Å². The van der Waals surface area contributed by atoms with E-state index >= 15 is 0 Å².